The van der Waals surface area contributed by atoms with Crippen LogP contribution in [0.3, 0.4) is 0 Å². The number of hydrogen-bond donors (Lipinski definition) is 1. The van der Waals surface area contributed by atoms with Crippen molar-refractivity contribution in [2.45, 2.75) is 17.8 Å². The summed E-state index contributed by atoms with van der Waals surface area (Å²) in [4.78, 5) is 12.6. The van der Waals surface area contributed by atoms with E-state index in [1.807, 2.05) is 12.3 Å². The van der Waals surface area contributed by atoms with E-state index in [0.717, 1.165) is 16.5 Å². The van der Waals surface area contributed by atoms with E-state index in [1.165, 1.54) is 0 Å². The number of nitrogens with two attached hydrogens (primary N) is 1. The first kappa shape index (κ1) is 10.4. The minimum Gasteiger partial charge on any atom is -0.384 e. The molecule has 0 amide bonds. The zero-order valence-corrected chi connectivity index (χ0v) is 9.81. The highest BCUT2D eigenvalue weighted by Gasteiger charge is 2.02. The maximum atomic E-state index is 5.63. The summed E-state index contributed by atoms with van der Waals surface area (Å²) in [5.74, 6) is 1.31. The van der Waals surface area contributed by atoms with Gasteiger partial charge in [-0.05, 0) is 6.92 Å². The lowest BCUT2D eigenvalue weighted by Crippen LogP contribution is -1.96. The summed E-state index contributed by atoms with van der Waals surface area (Å²) in [6.07, 6.45) is 1.80. The van der Waals surface area contributed by atoms with E-state index in [2.05, 4.69) is 15.0 Å². The fourth-order valence-corrected chi connectivity index (χ4v) is 2.64. The molecular weight excluding hydrogens is 228 g/mol. The highest BCUT2D eigenvalue weighted by atomic mass is 32.2. The maximum absolute atomic E-state index is 5.63. The molecule has 4 nitrogen and oxygen atoms in total. The van der Waals surface area contributed by atoms with Crippen molar-refractivity contribution in [1.82, 2.24) is 15.0 Å². The highest BCUT2D eigenvalue weighted by molar-refractivity contribution is 7.98. The molecule has 2 heterocycles. The lowest BCUT2D eigenvalue weighted by atomic mass is 10.4. The quantitative estimate of drug-likeness (QED) is 0.655. The monoisotopic (exact) mass is 238 g/mol. The van der Waals surface area contributed by atoms with Gasteiger partial charge in [0.1, 0.15) is 10.8 Å². The van der Waals surface area contributed by atoms with Gasteiger partial charge in [-0.3, -0.25) is 0 Å². The number of nitrogens with zero attached hydrogens (tertiary/aromatic N) is 3. The average Bonchev–Trinajstić information content (AvgIpc) is 2.65. The summed E-state index contributed by atoms with van der Waals surface area (Å²) >= 11 is 3.18. The molecule has 78 valence electrons. The SMILES string of the molecule is Cc1cc(N)nc(SCc2nccs2)n1. The van der Waals surface area contributed by atoms with Crippen molar-refractivity contribution in [3.8, 4) is 0 Å². The molecule has 0 aromatic carbocycles. The van der Waals surface area contributed by atoms with Gasteiger partial charge in [-0.15, -0.1) is 11.3 Å². The largest absolute Gasteiger partial charge is 0.384 e. The van der Waals surface area contributed by atoms with Crippen LogP contribution in [0, 0.1) is 6.92 Å². The minimum absolute atomic E-state index is 0.518. The van der Waals surface area contributed by atoms with Crippen molar-refractivity contribution in [2.24, 2.45) is 0 Å². The van der Waals surface area contributed by atoms with Crippen LogP contribution in [-0.2, 0) is 5.75 Å². The lowest BCUT2D eigenvalue weighted by Gasteiger charge is -2.00. The molecule has 0 unspecified atom stereocenters. The van der Waals surface area contributed by atoms with Crippen LogP contribution < -0.4 is 5.73 Å². The van der Waals surface area contributed by atoms with Gasteiger partial charge in [0.25, 0.3) is 0 Å². The first-order valence-electron chi connectivity index (χ1n) is 4.36. The van der Waals surface area contributed by atoms with Gasteiger partial charge < -0.3 is 5.73 Å². The Morgan fingerprint density at radius 1 is 1.47 bits per heavy atom. The molecule has 0 aliphatic heterocycles. The van der Waals surface area contributed by atoms with Crippen molar-refractivity contribution in [3.63, 3.8) is 0 Å². The fraction of sp³-hybridized carbons (Fsp3) is 0.222. The van der Waals surface area contributed by atoms with Gasteiger partial charge in [-0.2, -0.15) is 0 Å². The van der Waals surface area contributed by atoms with Crippen LogP contribution in [0.15, 0.2) is 22.8 Å². The molecule has 2 rings (SSSR count). The summed E-state index contributed by atoms with van der Waals surface area (Å²) in [7, 11) is 0. The second kappa shape index (κ2) is 4.59. The van der Waals surface area contributed by atoms with E-state index >= 15 is 0 Å². The van der Waals surface area contributed by atoms with E-state index in [4.69, 9.17) is 5.73 Å². The minimum atomic E-state index is 0.518. The summed E-state index contributed by atoms with van der Waals surface area (Å²) in [6, 6.07) is 1.76. The Morgan fingerprint density at radius 2 is 2.33 bits per heavy atom. The van der Waals surface area contributed by atoms with Gasteiger partial charge in [-0.25, -0.2) is 15.0 Å². The fourth-order valence-electron chi connectivity index (χ4n) is 1.08. The molecule has 0 aliphatic rings. The van der Waals surface area contributed by atoms with Crippen molar-refractivity contribution >= 4 is 28.9 Å². The van der Waals surface area contributed by atoms with Crippen LogP contribution in [0.4, 0.5) is 5.82 Å². The molecule has 15 heavy (non-hydrogen) atoms. The zero-order chi connectivity index (χ0) is 10.7. The molecule has 2 N–H and O–H groups in total. The van der Waals surface area contributed by atoms with E-state index in [0.29, 0.717) is 11.0 Å². The van der Waals surface area contributed by atoms with Crippen LogP contribution in [0.5, 0.6) is 0 Å². The van der Waals surface area contributed by atoms with Crippen LogP contribution in [0.1, 0.15) is 10.7 Å². The molecule has 0 fully saturated rings. The number of nitrogen functional groups attached to an aromatic ring is 1. The molecule has 0 spiro atoms. The molecule has 0 bridgehead atoms. The second-order valence-corrected chi connectivity index (χ2v) is 4.85. The Kier molecular flexibility index (Phi) is 3.17. The van der Waals surface area contributed by atoms with Gasteiger partial charge in [0.15, 0.2) is 5.16 Å². The Hall–Kier alpha value is -1.14. The lowest BCUT2D eigenvalue weighted by molar-refractivity contribution is 0.940. The number of anilines is 1. The molecule has 0 radical (unpaired) electrons. The van der Waals surface area contributed by atoms with Crippen molar-refractivity contribution in [2.75, 3.05) is 5.73 Å². The van der Waals surface area contributed by atoms with Crippen LogP contribution >= 0.6 is 23.1 Å². The molecule has 2 aromatic heterocycles. The Balaban J connectivity index is 2.05. The predicted molar refractivity (Wildman–Crippen MR) is 62.9 cm³/mol. The van der Waals surface area contributed by atoms with Crippen molar-refractivity contribution < 1.29 is 0 Å². The number of rotatable bonds is 3. The number of thiazole rings is 1. The smallest absolute Gasteiger partial charge is 0.190 e. The first-order valence-corrected chi connectivity index (χ1v) is 6.23. The molecular formula is C9H10N4S2. The van der Waals surface area contributed by atoms with Gasteiger partial charge in [0.2, 0.25) is 0 Å². The predicted octanol–water partition coefficient (Wildman–Crippen LogP) is 2.12. The van der Waals surface area contributed by atoms with E-state index in [1.54, 1.807) is 35.4 Å². The topological polar surface area (TPSA) is 64.7 Å². The molecule has 0 saturated heterocycles. The third-order valence-corrected chi connectivity index (χ3v) is 3.48. The molecule has 6 heteroatoms. The third-order valence-electron chi connectivity index (χ3n) is 1.66. The molecule has 2 aromatic rings. The van der Waals surface area contributed by atoms with Gasteiger partial charge in [0.05, 0.1) is 5.75 Å². The summed E-state index contributed by atoms with van der Waals surface area (Å²) < 4.78 is 0. The van der Waals surface area contributed by atoms with Crippen LogP contribution in [0.25, 0.3) is 0 Å². The number of aromatic nitrogens is 3. The number of hydrogen-bond acceptors (Lipinski definition) is 6. The zero-order valence-electron chi connectivity index (χ0n) is 8.17. The van der Waals surface area contributed by atoms with Crippen LogP contribution in [-0.4, -0.2) is 15.0 Å². The number of aryl methyl sites for hydroxylation is 1. The normalized spacial score (nSPS) is 10.5. The van der Waals surface area contributed by atoms with E-state index < -0.39 is 0 Å². The van der Waals surface area contributed by atoms with Gasteiger partial charge in [-0.1, -0.05) is 11.8 Å². The first-order chi connectivity index (χ1) is 7.24. The molecule has 0 saturated carbocycles. The second-order valence-electron chi connectivity index (χ2n) is 2.93. The van der Waals surface area contributed by atoms with Crippen molar-refractivity contribution in [1.29, 1.82) is 0 Å². The Bertz CT molecular complexity index is 421. The standard InChI is InChI=1S/C9H10N4S2/c1-6-4-7(10)13-9(12-6)15-5-8-11-2-3-14-8/h2-4H,5H2,1H3,(H2,10,12,13). The summed E-state index contributed by atoms with van der Waals surface area (Å²) in [6.45, 7) is 1.91. The maximum Gasteiger partial charge on any atom is 0.190 e. The average molecular weight is 238 g/mol. The third kappa shape index (κ3) is 2.90. The summed E-state index contributed by atoms with van der Waals surface area (Å²) in [5.41, 5.74) is 6.52. The van der Waals surface area contributed by atoms with E-state index in [-0.39, 0.29) is 0 Å². The Morgan fingerprint density at radius 3 is 3.00 bits per heavy atom. The highest BCUT2D eigenvalue weighted by Crippen LogP contribution is 2.21. The van der Waals surface area contributed by atoms with Gasteiger partial charge >= 0.3 is 0 Å². The van der Waals surface area contributed by atoms with Crippen LogP contribution in [0.2, 0.25) is 0 Å². The molecule has 0 atom stereocenters. The summed E-state index contributed by atoms with van der Waals surface area (Å²) in [5, 5.41) is 3.74. The van der Waals surface area contributed by atoms with E-state index in [9.17, 15) is 0 Å². The number of thioether (sulfide) groups is 1. The van der Waals surface area contributed by atoms with Crippen molar-refractivity contribution in [3.05, 3.63) is 28.3 Å². The Labute approximate surface area is 96.0 Å². The van der Waals surface area contributed by atoms with Gasteiger partial charge in [0, 0.05) is 23.3 Å². The molecule has 0 aliphatic carbocycles.